The van der Waals surface area contributed by atoms with Gasteiger partial charge < -0.3 is 10.1 Å². The number of halogens is 1. The summed E-state index contributed by atoms with van der Waals surface area (Å²) in [7, 11) is 0. The van der Waals surface area contributed by atoms with Crippen LogP contribution < -0.4 is 10.1 Å². The monoisotopic (exact) mass is 335 g/mol. The lowest BCUT2D eigenvalue weighted by molar-refractivity contribution is 0.442. The molecular weight excluding hydrogens is 313 g/mol. The molecule has 0 unspecified atom stereocenters. The third-order valence-electron chi connectivity index (χ3n) is 3.98. The summed E-state index contributed by atoms with van der Waals surface area (Å²) in [5, 5.41) is 3.45. The van der Waals surface area contributed by atoms with E-state index in [1.165, 1.54) is 17.2 Å². The van der Waals surface area contributed by atoms with E-state index < -0.39 is 0 Å². The molecular formula is C22H22FNO. The molecule has 3 aromatic carbocycles. The van der Waals surface area contributed by atoms with Gasteiger partial charge in [0.2, 0.25) is 0 Å². The Morgan fingerprint density at radius 1 is 0.760 bits per heavy atom. The van der Waals surface area contributed by atoms with E-state index in [1.54, 1.807) is 18.2 Å². The molecule has 0 saturated carbocycles. The van der Waals surface area contributed by atoms with E-state index in [-0.39, 0.29) is 11.6 Å². The van der Waals surface area contributed by atoms with Crippen molar-refractivity contribution in [2.75, 3.05) is 6.54 Å². The fourth-order valence-electron chi connectivity index (χ4n) is 2.62. The Labute approximate surface area is 148 Å². The van der Waals surface area contributed by atoms with Crippen molar-refractivity contribution in [3.8, 4) is 11.5 Å². The molecule has 3 aromatic rings. The summed E-state index contributed by atoms with van der Waals surface area (Å²) in [6, 6.07) is 24.7. The van der Waals surface area contributed by atoms with Gasteiger partial charge in [-0.15, -0.1) is 0 Å². The third kappa shape index (κ3) is 5.44. The van der Waals surface area contributed by atoms with Crippen molar-refractivity contribution in [3.05, 3.63) is 95.8 Å². The highest BCUT2D eigenvalue weighted by molar-refractivity contribution is 5.33. The van der Waals surface area contributed by atoms with Gasteiger partial charge in [0.15, 0.2) is 11.6 Å². The Hall–Kier alpha value is -2.65. The molecule has 0 aromatic heterocycles. The van der Waals surface area contributed by atoms with Gasteiger partial charge in [0, 0.05) is 6.54 Å². The van der Waals surface area contributed by atoms with Gasteiger partial charge in [-0.3, -0.25) is 0 Å². The SMILES string of the molecule is Fc1ccccc1Oc1ccc(CNCCCc2ccccc2)cc1. The first-order valence-electron chi connectivity index (χ1n) is 8.57. The van der Waals surface area contributed by atoms with Crippen LogP contribution in [0.2, 0.25) is 0 Å². The molecule has 0 fully saturated rings. The average Bonchev–Trinajstić information content (AvgIpc) is 2.65. The molecule has 25 heavy (non-hydrogen) atoms. The Balaban J connectivity index is 1.41. The van der Waals surface area contributed by atoms with Crippen molar-refractivity contribution in [2.24, 2.45) is 0 Å². The molecule has 0 aliphatic carbocycles. The molecule has 128 valence electrons. The average molecular weight is 335 g/mol. The summed E-state index contributed by atoms with van der Waals surface area (Å²) in [5.74, 6) is 0.527. The van der Waals surface area contributed by atoms with Gasteiger partial charge in [-0.2, -0.15) is 0 Å². The number of rotatable bonds is 8. The summed E-state index contributed by atoms with van der Waals surface area (Å²) in [5.41, 5.74) is 2.56. The molecule has 3 rings (SSSR count). The van der Waals surface area contributed by atoms with Crippen molar-refractivity contribution in [1.82, 2.24) is 5.32 Å². The summed E-state index contributed by atoms with van der Waals surface area (Å²) in [6.07, 6.45) is 2.20. The van der Waals surface area contributed by atoms with Crippen LogP contribution in [-0.2, 0) is 13.0 Å². The first-order chi connectivity index (χ1) is 12.3. The van der Waals surface area contributed by atoms with Crippen LogP contribution in [0.1, 0.15) is 17.5 Å². The summed E-state index contributed by atoms with van der Waals surface area (Å²) < 4.78 is 19.1. The smallest absolute Gasteiger partial charge is 0.165 e. The number of ether oxygens (including phenoxy) is 1. The predicted molar refractivity (Wildman–Crippen MR) is 99.4 cm³/mol. The standard InChI is InChI=1S/C22H22FNO/c23-21-10-4-5-11-22(21)25-20-14-12-19(13-15-20)17-24-16-6-9-18-7-2-1-3-8-18/h1-5,7-8,10-15,24H,6,9,16-17H2. The number of hydrogen-bond donors (Lipinski definition) is 1. The van der Waals surface area contributed by atoms with Crippen LogP contribution in [0.15, 0.2) is 78.9 Å². The van der Waals surface area contributed by atoms with Gasteiger partial charge >= 0.3 is 0 Å². The Bertz CT molecular complexity index is 772. The maximum absolute atomic E-state index is 13.6. The first kappa shape index (κ1) is 17.2. The van der Waals surface area contributed by atoms with E-state index >= 15 is 0 Å². The molecule has 0 spiro atoms. The Morgan fingerprint density at radius 3 is 2.24 bits per heavy atom. The van der Waals surface area contributed by atoms with Gasteiger partial charge in [-0.05, 0) is 54.8 Å². The van der Waals surface area contributed by atoms with E-state index in [1.807, 2.05) is 30.3 Å². The minimum atomic E-state index is -0.355. The third-order valence-corrected chi connectivity index (χ3v) is 3.98. The van der Waals surface area contributed by atoms with E-state index in [0.717, 1.165) is 25.9 Å². The molecule has 0 atom stereocenters. The van der Waals surface area contributed by atoms with Crippen LogP contribution >= 0.6 is 0 Å². The number of benzene rings is 3. The molecule has 0 aliphatic rings. The predicted octanol–water partition coefficient (Wildman–Crippen LogP) is 5.34. The molecule has 0 saturated heterocycles. The second-order valence-electron chi connectivity index (χ2n) is 5.94. The van der Waals surface area contributed by atoms with Crippen LogP contribution in [0.3, 0.4) is 0 Å². The molecule has 0 amide bonds. The number of aryl methyl sites for hydroxylation is 1. The molecule has 0 radical (unpaired) electrons. The fourth-order valence-corrected chi connectivity index (χ4v) is 2.62. The number of nitrogens with one attached hydrogen (secondary N) is 1. The molecule has 0 aliphatic heterocycles. The van der Waals surface area contributed by atoms with Gasteiger partial charge in [-0.25, -0.2) is 4.39 Å². The second kappa shape index (κ2) is 9.00. The van der Waals surface area contributed by atoms with E-state index in [2.05, 4.69) is 29.6 Å². The maximum atomic E-state index is 13.6. The lowest BCUT2D eigenvalue weighted by atomic mass is 10.1. The van der Waals surface area contributed by atoms with Crippen molar-refractivity contribution >= 4 is 0 Å². The number of para-hydroxylation sites is 1. The molecule has 1 N–H and O–H groups in total. The van der Waals surface area contributed by atoms with Crippen molar-refractivity contribution in [3.63, 3.8) is 0 Å². The normalized spacial score (nSPS) is 10.6. The fraction of sp³-hybridized carbons (Fsp3) is 0.182. The topological polar surface area (TPSA) is 21.3 Å². The zero-order valence-electron chi connectivity index (χ0n) is 14.1. The van der Waals surface area contributed by atoms with Crippen molar-refractivity contribution in [2.45, 2.75) is 19.4 Å². The first-order valence-corrected chi connectivity index (χ1v) is 8.57. The van der Waals surface area contributed by atoms with Gasteiger partial charge in [0.05, 0.1) is 0 Å². The van der Waals surface area contributed by atoms with Crippen LogP contribution in [0, 0.1) is 5.82 Å². The lowest BCUT2D eigenvalue weighted by Crippen LogP contribution is -2.15. The largest absolute Gasteiger partial charge is 0.454 e. The van der Waals surface area contributed by atoms with Crippen LogP contribution in [0.5, 0.6) is 11.5 Å². The molecule has 0 bridgehead atoms. The van der Waals surface area contributed by atoms with E-state index in [9.17, 15) is 4.39 Å². The minimum absolute atomic E-state index is 0.245. The van der Waals surface area contributed by atoms with Crippen LogP contribution in [0.25, 0.3) is 0 Å². The van der Waals surface area contributed by atoms with Crippen molar-refractivity contribution < 1.29 is 9.13 Å². The zero-order valence-corrected chi connectivity index (χ0v) is 14.1. The maximum Gasteiger partial charge on any atom is 0.165 e. The molecule has 2 nitrogen and oxygen atoms in total. The van der Waals surface area contributed by atoms with Gasteiger partial charge in [0.25, 0.3) is 0 Å². The van der Waals surface area contributed by atoms with Gasteiger partial charge in [-0.1, -0.05) is 54.6 Å². The quantitative estimate of drug-likeness (QED) is 0.561. The van der Waals surface area contributed by atoms with Crippen LogP contribution in [-0.4, -0.2) is 6.54 Å². The van der Waals surface area contributed by atoms with Crippen molar-refractivity contribution in [1.29, 1.82) is 0 Å². The zero-order chi connectivity index (χ0) is 17.3. The highest BCUT2D eigenvalue weighted by Crippen LogP contribution is 2.24. The second-order valence-corrected chi connectivity index (χ2v) is 5.94. The number of hydrogen-bond acceptors (Lipinski definition) is 2. The summed E-state index contributed by atoms with van der Waals surface area (Å²) >= 11 is 0. The Kier molecular flexibility index (Phi) is 6.18. The molecule has 3 heteroatoms. The summed E-state index contributed by atoms with van der Waals surface area (Å²) in [4.78, 5) is 0. The Morgan fingerprint density at radius 2 is 1.48 bits per heavy atom. The highest BCUT2D eigenvalue weighted by Gasteiger charge is 2.03. The lowest BCUT2D eigenvalue weighted by Gasteiger charge is -2.08. The minimum Gasteiger partial charge on any atom is -0.454 e. The van der Waals surface area contributed by atoms with Crippen LogP contribution in [0.4, 0.5) is 4.39 Å². The highest BCUT2D eigenvalue weighted by atomic mass is 19.1. The van der Waals surface area contributed by atoms with E-state index in [0.29, 0.717) is 5.75 Å². The van der Waals surface area contributed by atoms with E-state index in [4.69, 9.17) is 4.74 Å². The molecule has 0 heterocycles. The summed E-state index contributed by atoms with van der Waals surface area (Å²) in [6.45, 7) is 1.79. The van der Waals surface area contributed by atoms with Gasteiger partial charge in [0.1, 0.15) is 5.75 Å².